The van der Waals surface area contributed by atoms with E-state index >= 15 is 0 Å². The maximum absolute atomic E-state index is 11.2. The van der Waals surface area contributed by atoms with Gasteiger partial charge in [-0.1, -0.05) is 0 Å². The van der Waals surface area contributed by atoms with Crippen molar-refractivity contribution in [3.8, 4) is 0 Å². The van der Waals surface area contributed by atoms with Crippen LogP contribution >= 0.6 is 22.6 Å². The van der Waals surface area contributed by atoms with Crippen molar-refractivity contribution in [2.24, 2.45) is 0 Å². The Labute approximate surface area is 100 Å². The van der Waals surface area contributed by atoms with Crippen LogP contribution in [0.1, 0.15) is 12.8 Å². The third kappa shape index (κ3) is 4.73. The van der Waals surface area contributed by atoms with Gasteiger partial charge in [-0.3, -0.25) is 9.59 Å². The van der Waals surface area contributed by atoms with Gasteiger partial charge in [-0.05, 0) is 34.7 Å². The van der Waals surface area contributed by atoms with Crippen molar-refractivity contribution >= 4 is 40.3 Å². The van der Waals surface area contributed by atoms with E-state index in [4.69, 9.17) is 5.11 Å². The summed E-state index contributed by atoms with van der Waals surface area (Å²) < 4.78 is 0.969. The number of nitrogens with zero attached hydrogens (tertiary/aromatic N) is 1. The monoisotopic (exact) mass is 320 g/mol. The van der Waals surface area contributed by atoms with Crippen LogP contribution in [0.15, 0.2) is 18.3 Å². The van der Waals surface area contributed by atoms with Gasteiger partial charge in [0.15, 0.2) is 0 Å². The zero-order valence-electron chi connectivity index (χ0n) is 7.74. The van der Waals surface area contributed by atoms with E-state index in [0.717, 1.165) is 3.57 Å². The van der Waals surface area contributed by atoms with Crippen LogP contribution in [0.3, 0.4) is 0 Å². The molecule has 1 rings (SSSR count). The minimum absolute atomic E-state index is 0.0387. The quantitative estimate of drug-likeness (QED) is 0.824. The average molecular weight is 320 g/mol. The Bertz CT molecular complexity index is 364. The fraction of sp³-hybridized carbons (Fsp3) is 0.222. The molecule has 15 heavy (non-hydrogen) atoms. The SMILES string of the molecule is O=C(O)CCC(=O)Nc1ccc(I)cn1. The first-order chi connectivity index (χ1) is 7.08. The molecule has 1 heterocycles. The molecular weight excluding hydrogens is 311 g/mol. The molecule has 0 spiro atoms. The Morgan fingerprint density at radius 2 is 2.13 bits per heavy atom. The molecule has 0 saturated heterocycles. The van der Waals surface area contributed by atoms with Gasteiger partial charge >= 0.3 is 5.97 Å². The number of anilines is 1. The molecule has 0 radical (unpaired) electrons. The number of pyridine rings is 1. The number of carboxylic acid groups (broad SMARTS) is 1. The zero-order chi connectivity index (χ0) is 11.3. The van der Waals surface area contributed by atoms with Crippen LogP contribution in [0.2, 0.25) is 0 Å². The Morgan fingerprint density at radius 3 is 2.67 bits per heavy atom. The van der Waals surface area contributed by atoms with E-state index < -0.39 is 5.97 Å². The Kier molecular flexibility index (Phi) is 4.47. The minimum Gasteiger partial charge on any atom is -0.481 e. The molecule has 1 aromatic rings. The van der Waals surface area contributed by atoms with Crippen LogP contribution in [-0.4, -0.2) is 22.0 Å². The number of carboxylic acids is 1. The summed E-state index contributed by atoms with van der Waals surface area (Å²) in [6.07, 6.45) is 1.41. The first kappa shape index (κ1) is 11.9. The summed E-state index contributed by atoms with van der Waals surface area (Å²) in [7, 11) is 0. The molecule has 0 bridgehead atoms. The van der Waals surface area contributed by atoms with Crippen molar-refractivity contribution in [2.45, 2.75) is 12.8 Å². The Hall–Kier alpha value is -1.18. The van der Waals surface area contributed by atoms with Crippen molar-refractivity contribution in [3.05, 3.63) is 21.9 Å². The van der Waals surface area contributed by atoms with Crippen molar-refractivity contribution < 1.29 is 14.7 Å². The summed E-state index contributed by atoms with van der Waals surface area (Å²) in [6, 6.07) is 3.47. The molecule has 0 saturated carbocycles. The third-order valence-corrected chi connectivity index (χ3v) is 2.20. The third-order valence-electron chi connectivity index (χ3n) is 1.56. The molecule has 0 aliphatic rings. The largest absolute Gasteiger partial charge is 0.481 e. The molecule has 0 aliphatic carbocycles. The second-order valence-electron chi connectivity index (χ2n) is 2.80. The van der Waals surface area contributed by atoms with E-state index in [2.05, 4.69) is 32.9 Å². The van der Waals surface area contributed by atoms with Crippen LogP contribution in [0.4, 0.5) is 5.82 Å². The predicted molar refractivity (Wildman–Crippen MR) is 62.5 cm³/mol. The van der Waals surface area contributed by atoms with Gasteiger partial charge in [-0.2, -0.15) is 0 Å². The maximum Gasteiger partial charge on any atom is 0.303 e. The van der Waals surface area contributed by atoms with E-state index in [9.17, 15) is 9.59 Å². The lowest BCUT2D eigenvalue weighted by atomic mass is 10.3. The molecular formula is C9H9IN2O3. The average Bonchev–Trinajstić information content (AvgIpc) is 2.19. The summed E-state index contributed by atoms with van der Waals surface area (Å²) in [5.41, 5.74) is 0. The Balaban J connectivity index is 2.44. The molecule has 0 unspecified atom stereocenters. The highest BCUT2D eigenvalue weighted by Gasteiger charge is 2.05. The standard InChI is InChI=1S/C9H9IN2O3/c10-6-1-2-7(11-5-6)12-8(13)3-4-9(14)15/h1-2,5H,3-4H2,(H,14,15)(H,11,12,13). The van der Waals surface area contributed by atoms with Gasteiger partial charge in [0.1, 0.15) is 5.82 Å². The van der Waals surface area contributed by atoms with E-state index in [1.54, 1.807) is 18.3 Å². The number of hydrogen-bond acceptors (Lipinski definition) is 3. The van der Waals surface area contributed by atoms with Crippen molar-refractivity contribution in [3.63, 3.8) is 0 Å². The highest BCUT2D eigenvalue weighted by atomic mass is 127. The summed E-state index contributed by atoms with van der Waals surface area (Å²) in [5.74, 6) is -0.891. The maximum atomic E-state index is 11.2. The topological polar surface area (TPSA) is 79.3 Å². The number of carbonyl (C=O) groups is 2. The molecule has 0 fully saturated rings. The van der Waals surface area contributed by atoms with Gasteiger partial charge in [0.05, 0.1) is 6.42 Å². The number of hydrogen-bond donors (Lipinski definition) is 2. The van der Waals surface area contributed by atoms with E-state index in [0.29, 0.717) is 5.82 Å². The molecule has 1 amide bonds. The highest BCUT2D eigenvalue weighted by molar-refractivity contribution is 14.1. The number of carbonyl (C=O) groups excluding carboxylic acids is 1. The van der Waals surface area contributed by atoms with Gasteiger partial charge in [0.25, 0.3) is 0 Å². The summed E-state index contributed by atoms with van der Waals surface area (Å²) in [4.78, 5) is 25.3. The number of aliphatic carboxylic acids is 1. The van der Waals surface area contributed by atoms with Crippen LogP contribution in [-0.2, 0) is 9.59 Å². The van der Waals surface area contributed by atoms with Crippen molar-refractivity contribution in [2.75, 3.05) is 5.32 Å². The first-order valence-corrected chi connectivity index (χ1v) is 5.29. The number of rotatable bonds is 4. The fourth-order valence-electron chi connectivity index (χ4n) is 0.876. The van der Waals surface area contributed by atoms with Gasteiger partial charge < -0.3 is 10.4 Å². The van der Waals surface area contributed by atoms with Crippen molar-refractivity contribution in [1.29, 1.82) is 0 Å². The smallest absolute Gasteiger partial charge is 0.303 e. The predicted octanol–water partition coefficient (Wildman–Crippen LogP) is 1.49. The second-order valence-corrected chi connectivity index (χ2v) is 4.05. The van der Waals surface area contributed by atoms with Crippen molar-refractivity contribution in [1.82, 2.24) is 4.98 Å². The van der Waals surface area contributed by atoms with Gasteiger partial charge in [0.2, 0.25) is 5.91 Å². The minimum atomic E-state index is -0.985. The first-order valence-electron chi connectivity index (χ1n) is 4.21. The van der Waals surface area contributed by atoms with Crippen LogP contribution in [0.5, 0.6) is 0 Å². The lowest BCUT2D eigenvalue weighted by Crippen LogP contribution is -2.13. The number of amides is 1. The molecule has 0 atom stereocenters. The summed E-state index contributed by atoms with van der Waals surface area (Å²) >= 11 is 2.10. The number of aromatic nitrogens is 1. The molecule has 0 aliphatic heterocycles. The number of nitrogens with one attached hydrogen (secondary N) is 1. The van der Waals surface area contributed by atoms with Gasteiger partial charge in [-0.25, -0.2) is 4.98 Å². The van der Waals surface area contributed by atoms with Crippen LogP contribution in [0, 0.1) is 3.57 Å². The number of halogens is 1. The molecule has 2 N–H and O–H groups in total. The summed E-state index contributed by atoms with van der Waals surface area (Å²) in [6.45, 7) is 0. The molecule has 1 aromatic heterocycles. The zero-order valence-corrected chi connectivity index (χ0v) is 9.89. The molecule has 80 valence electrons. The second kappa shape index (κ2) is 5.64. The molecule has 0 aromatic carbocycles. The highest BCUT2D eigenvalue weighted by Crippen LogP contribution is 2.07. The summed E-state index contributed by atoms with van der Waals surface area (Å²) in [5, 5.41) is 10.9. The fourth-order valence-corrected chi connectivity index (χ4v) is 1.19. The normalized spacial score (nSPS) is 9.67. The lowest BCUT2D eigenvalue weighted by Gasteiger charge is -2.02. The van der Waals surface area contributed by atoms with Gasteiger partial charge in [0, 0.05) is 16.2 Å². The molecule has 6 heteroatoms. The lowest BCUT2D eigenvalue weighted by molar-refractivity contribution is -0.138. The van der Waals surface area contributed by atoms with E-state index in [1.165, 1.54) is 0 Å². The van der Waals surface area contributed by atoms with Crippen LogP contribution < -0.4 is 5.32 Å². The van der Waals surface area contributed by atoms with E-state index in [-0.39, 0.29) is 18.7 Å². The van der Waals surface area contributed by atoms with E-state index in [1.807, 2.05) is 0 Å². The molecule has 5 nitrogen and oxygen atoms in total. The Morgan fingerprint density at radius 1 is 1.40 bits per heavy atom. The van der Waals surface area contributed by atoms with Crippen LogP contribution in [0.25, 0.3) is 0 Å². The van der Waals surface area contributed by atoms with Gasteiger partial charge in [-0.15, -0.1) is 0 Å².